The highest BCUT2D eigenvalue weighted by molar-refractivity contribution is 7.84. The molecule has 0 spiro atoms. The molecule has 1 N–H and O–H groups in total. The number of ether oxygens (including phenoxy) is 1. The van der Waals surface area contributed by atoms with Gasteiger partial charge in [0, 0.05) is 28.5 Å². The van der Waals surface area contributed by atoms with E-state index in [0.29, 0.717) is 11.5 Å². The van der Waals surface area contributed by atoms with Crippen molar-refractivity contribution in [3.8, 4) is 5.75 Å². The number of aromatic nitrogens is 2. The van der Waals surface area contributed by atoms with Crippen molar-refractivity contribution >= 4 is 10.8 Å². The maximum atomic E-state index is 12.0. The van der Waals surface area contributed by atoms with Crippen molar-refractivity contribution in [3.63, 3.8) is 0 Å². The van der Waals surface area contributed by atoms with Crippen LogP contribution in [0.25, 0.3) is 0 Å². The lowest BCUT2D eigenvalue weighted by atomic mass is 10.2. The number of H-pyrrole nitrogens is 1. The highest BCUT2D eigenvalue weighted by atomic mass is 32.2. The molecule has 0 aliphatic heterocycles. The number of nitrogens with zero attached hydrogens (tertiary/aromatic N) is 1. The van der Waals surface area contributed by atoms with Crippen molar-refractivity contribution in [1.82, 2.24) is 10.2 Å². The smallest absolute Gasteiger partial charge is 0.119 e. The van der Waals surface area contributed by atoms with Gasteiger partial charge in [-0.05, 0) is 36.1 Å². The molecule has 0 unspecified atom stereocenters. The van der Waals surface area contributed by atoms with E-state index in [2.05, 4.69) is 10.2 Å². The van der Waals surface area contributed by atoms with Gasteiger partial charge in [0.25, 0.3) is 0 Å². The van der Waals surface area contributed by atoms with Gasteiger partial charge in [0.05, 0.1) is 13.3 Å². The van der Waals surface area contributed by atoms with Gasteiger partial charge in [0.2, 0.25) is 0 Å². The van der Waals surface area contributed by atoms with E-state index in [1.54, 1.807) is 7.11 Å². The molecule has 19 heavy (non-hydrogen) atoms. The molecular formula is C14H18N2O2S. The molecule has 0 radical (unpaired) electrons. The maximum absolute atomic E-state index is 12.0. The summed E-state index contributed by atoms with van der Waals surface area (Å²) < 4.78 is 17.1. The average Bonchev–Trinajstić information content (AvgIpc) is 2.92. The van der Waals surface area contributed by atoms with E-state index in [1.165, 1.54) is 5.56 Å². The molecule has 2 aromatic rings. The minimum atomic E-state index is -0.829. The highest BCUT2D eigenvalue weighted by Crippen LogP contribution is 2.14. The summed E-state index contributed by atoms with van der Waals surface area (Å²) in [7, 11) is 0.811. The van der Waals surface area contributed by atoms with Crippen LogP contribution in [0.4, 0.5) is 0 Å². The van der Waals surface area contributed by atoms with Crippen LogP contribution in [-0.2, 0) is 23.0 Å². The average molecular weight is 278 g/mol. The normalized spacial score (nSPS) is 12.3. The first kappa shape index (κ1) is 13.8. The van der Waals surface area contributed by atoms with E-state index in [4.69, 9.17) is 4.74 Å². The molecule has 5 heteroatoms. The van der Waals surface area contributed by atoms with Crippen LogP contribution >= 0.6 is 0 Å². The lowest BCUT2D eigenvalue weighted by Gasteiger charge is -2.04. The van der Waals surface area contributed by atoms with Crippen LogP contribution in [0.2, 0.25) is 0 Å². The Morgan fingerprint density at radius 3 is 3.00 bits per heavy atom. The van der Waals surface area contributed by atoms with Gasteiger partial charge in [-0.2, -0.15) is 5.10 Å². The van der Waals surface area contributed by atoms with Crippen LogP contribution in [0.5, 0.6) is 5.75 Å². The molecule has 0 amide bonds. The molecule has 102 valence electrons. The molecule has 0 aliphatic carbocycles. The molecule has 0 bridgehead atoms. The summed E-state index contributed by atoms with van der Waals surface area (Å²) in [6.45, 7) is 0. The molecule has 1 heterocycles. The largest absolute Gasteiger partial charge is 0.497 e. The number of benzene rings is 1. The van der Waals surface area contributed by atoms with E-state index >= 15 is 0 Å². The minimum absolute atomic E-state index is 0.586. The Balaban J connectivity index is 1.77. The fourth-order valence-corrected chi connectivity index (χ4v) is 3.03. The predicted molar refractivity (Wildman–Crippen MR) is 76.6 cm³/mol. The molecule has 0 saturated heterocycles. The molecule has 0 fully saturated rings. The lowest BCUT2D eigenvalue weighted by Crippen LogP contribution is -2.02. The van der Waals surface area contributed by atoms with Crippen LogP contribution in [0.15, 0.2) is 36.7 Å². The first-order valence-electron chi connectivity index (χ1n) is 6.23. The second-order valence-corrected chi connectivity index (χ2v) is 5.93. The molecule has 1 aromatic carbocycles. The van der Waals surface area contributed by atoms with Crippen molar-refractivity contribution < 1.29 is 8.95 Å². The Bertz CT molecular complexity index is 526. The maximum Gasteiger partial charge on any atom is 0.119 e. The SMILES string of the molecule is COc1cccc(C[S@@](=O)CCCc2cn[nH]c2)c1. The number of nitrogens with one attached hydrogen (secondary N) is 1. The highest BCUT2D eigenvalue weighted by Gasteiger charge is 2.04. The minimum Gasteiger partial charge on any atom is -0.497 e. The van der Waals surface area contributed by atoms with Gasteiger partial charge in [-0.15, -0.1) is 0 Å². The third kappa shape index (κ3) is 4.52. The van der Waals surface area contributed by atoms with Crippen LogP contribution < -0.4 is 4.74 Å². The Morgan fingerprint density at radius 1 is 1.37 bits per heavy atom. The van der Waals surface area contributed by atoms with E-state index in [0.717, 1.165) is 24.2 Å². The summed E-state index contributed by atoms with van der Waals surface area (Å²) in [5.74, 6) is 2.11. The molecule has 0 saturated carbocycles. The van der Waals surface area contributed by atoms with Gasteiger partial charge < -0.3 is 4.74 Å². The summed E-state index contributed by atoms with van der Waals surface area (Å²) in [6.07, 6.45) is 5.52. The van der Waals surface area contributed by atoms with E-state index < -0.39 is 10.8 Å². The molecule has 1 atom stereocenters. The van der Waals surface area contributed by atoms with Gasteiger partial charge in [-0.25, -0.2) is 0 Å². The van der Waals surface area contributed by atoms with Crippen molar-refractivity contribution in [2.45, 2.75) is 18.6 Å². The zero-order valence-corrected chi connectivity index (χ0v) is 11.8. The number of hydrogen-bond donors (Lipinski definition) is 1. The zero-order chi connectivity index (χ0) is 13.5. The number of rotatable bonds is 7. The summed E-state index contributed by atoms with van der Waals surface area (Å²) >= 11 is 0. The van der Waals surface area contributed by atoms with Crippen LogP contribution in [0, 0.1) is 0 Å². The Kier molecular flexibility index (Phi) is 5.15. The van der Waals surface area contributed by atoms with Crippen LogP contribution in [0.3, 0.4) is 0 Å². The van der Waals surface area contributed by atoms with E-state index in [-0.39, 0.29) is 0 Å². The fourth-order valence-electron chi connectivity index (χ4n) is 1.87. The van der Waals surface area contributed by atoms with Crippen molar-refractivity contribution in [3.05, 3.63) is 47.8 Å². The van der Waals surface area contributed by atoms with Gasteiger partial charge in [0.1, 0.15) is 5.75 Å². The standard InChI is InChI=1S/C14H18N2O2S/c1-18-14-6-2-4-12(8-14)11-19(17)7-3-5-13-9-15-16-10-13/h2,4,6,8-10H,3,5,7,11H2,1H3,(H,15,16)/t19-/m0/s1. The van der Waals surface area contributed by atoms with Crippen molar-refractivity contribution in [2.24, 2.45) is 0 Å². The first-order valence-corrected chi connectivity index (χ1v) is 7.72. The van der Waals surface area contributed by atoms with Gasteiger partial charge in [-0.3, -0.25) is 9.31 Å². The molecule has 2 rings (SSSR count). The van der Waals surface area contributed by atoms with Crippen LogP contribution in [0.1, 0.15) is 17.5 Å². The number of aromatic amines is 1. The third-order valence-electron chi connectivity index (χ3n) is 2.85. The Labute approximate surface area is 115 Å². The second-order valence-electron chi connectivity index (χ2n) is 4.35. The number of aryl methyl sites for hydroxylation is 1. The van der Waals surface area contributed by atoms with Crippen molar-refractivity contribution in [1.29, 1.82) is 0 Å². The first-order chi connectivity index (χ1) is 9.28. The second kappa shape index (κ2) is 7.09. The zero-order valence-electron chi connectivity index (χ0n) is 11.0. The summed E-state index contributed by atoms with van der Waals surface area (Å²) in [5, 5.41) is 6.67. The molecule has 4 nitrogen and oxygen atoms in total. The van der Waals surface area contributed by atoms with Gasteiger partial charge >= 0.3 is 0 Å². The third-order valence-corrected chi connectivity index (χ3v) is 4.25. The summed E-state index contributed by atoms with van der Waals surface area (Å²) in [6, 6.07) is 7.74. The number of methoxy groups -OCH3 is 1. The Morgan fingerprint density at radius 2 is 2.26 bits per heavy atom. The molecular weight excluding hydrogens is 260 g/mol. The predicted octanol–water partition coefficient (Wildman–Crippen LogP) is 2.30. The molecule has 0 aliphatic rings. The lowest BCUT2D eigenvalue weighted by molar-refractivity contribution is 0.414. The van der Waals surface area contributed by atoms with Crippen molar-refractivity contribution in [2.75, 3.05) is 12.9 Å². The van der Waals surface area contributed by atoms with E-state index in [9.17, 15) is 4.21 Å². The van der Waals surface area contributed by atoms with Crippen LogP contribution in [-0.4, -0.2) is 27.3 Å². The fraction of sp³-hybridized carbons (Fsp3) is 0.357. The quantitative estimate of drug-likeness (QED) is 0.845. The molecule has 1 aromatic heterocycles. The van der Waals surface area contributed by atoms with E-state index in [1.807, 2.05) is 36.7 Å². The monoisotopic (exact) mass is 278 g/mol. The topological polar surface area (TPSA) is 55.0 Å². The number of hydrogen-bond acceptors (Lipinski definition) is 3. The van der Waals surface area contributed by atoms with Gasteiger partial charge in [-0.1, -0.05) is 12.1 Å². The van der Waals surface area contributed by atoms with Gasteiger partial charge in [0.15, 0.2) is 0 Å². The summed E-state index contributed by atoms with van der Waals surface area (Å²) in [5.41, 5.74) is 2.22. The Hall–Kier alpha value is -1.62. The summed E-state index contributed by atoms with van der Waals surface area (Å²) in [4.78, 5) is 0.